The molecule has 1 amide bonds. The Balaban J connectivity index is 1.90. The Morgan fingerprint density at radius 1 is 1.19 bits per heavy atom. The maximum atomic E-state index is 13.7. The van der Waals surface area contributed by atoms with Crippen LogP contribution in [0.15, 0.2) is 64.8 Å². The molecule has 1 aliphatic heterocycles. The van der Waals surface area contributed by atoms with Gasteiger partial charge in [0.25, 0.3) is 11.7 Å². The lowest BCUT2D eigenvalue weighted by Crippen LogP contribution is -2.29. The number of Topliss-reactive ketones (excluding diaryl/α,β-unsaturated/α-hetero) is 1. The van der Waals surface area contributed by atoms with Crippen molar-refractivity contribution in [2.75, 3.05) is 0 Å². The number of aliphatic hydroxyl groups is 1. The Kier molecular flexibility index (Phi) is 5.29. The molecule has 6 nitrogen and oxygen atoms in total. The number of aromatic hydroxyl groups is 1. The summed E-state index contributed by atoms with van der Waals surface area (Å²) in [5.41, 5.74) is 0.723. The first kappa shape index (κ1) is 20.7. The fraction of sp³-hybridized carbons (Fsp3) is 0.130. The molecule has 4 rings (SSSR count). The van der Waals surface area contributed by atoms with Crippen molar-refractivity contribution in [1.29, 1.82) is 0 Å². The molecule has 0 bridgehead atoms. The lowest BCUT2D eigenvalue weighted by molar-refractivity contribution is -0.140. The Hall–Kier alpha value is -3.58. The monoisotopic (exact) mass is 441 g/mol. The van der Waals surface area contributed by atoms with E-state index in [1.807, 2.05) is 0 Å². The van der Waals surface area contributed by atoms with Crippen molar-refractivity contribution in [3.05, 3.63) is 93.7 Å². The first-order valence-electron chi connectivity index (χ1n) is 9.33. The summed E-state index contributed by atoms with van der Waals surface area (Å²) in [6.07, 6.45) is 1.44. The van der Waals surface area contributed by atoms with E-state index in [9.17, 15) is 24.2 Å². The normalized spacial score (nSPS) is 18.0. The van der Waals surface area contributed by atoms with Gasteiger partial charge in [0.1, 0.15) is 23.1 Å². The summed E-state index contributed by atoms with van der Waals surface area (Å²) < 4.78 is 19.0. The number of halogens is 2. The average Bonchev–Trinajstić information content (AvgIpc) is 3.34. The van der Waals surface area contributed by atoms with Crippen LogP contribution >= 0.6 is 11.6 Å². The number of carbonyl (C=O) groups is 2. The summed E-state index contributed by atoms with van der Waals surface area (Å²) in [5, 5.41) is 20.8. The molecule has 0 saturated carbocycles. The molecule has 1 unspecified atom stereocenters. The van der Waals surface area contributed by atoms with Crippen molar-refractivity contribution in [3.63, 3.8) is 0 Å². The highest BCUT2D eigenvalue weighted by Crippen LogP contribution is 2.42. The molecule has 0 aliphatic carbocycles. The molecule has 1 atom stereocenters. The van der Waals surface area contributed by atoms with Crippen molar-refractivity contribution in [1.82, 2.24) is 4.90 Å². The van der Waals surface area contributed by atoms with Crippen LogP contribution in [0.25, 0.3) is 5.76 Å². The number of likely N-dealkylation sites (tertiary alicyclic amines) is 1. The quantitative estimate of drug-likeness (QED) is 0.347. The Morgan fingerprint density at radius 3 is 2.61 bits per heavy atom. The molecular weight excluding hydrogens is 425 g/mol. The zero-order valence-electron chi connectivity index (χ0n) is 16.3. The number of phenolic OH excluding ortho intramolecular Hbond substituents is 1. The van der Waals surface area contributed by atoms with Crippen molar-refractivity contribution in [2.45, 2.75) is 19.5 Å². The van der Waals surface area contributed by atoms with Crippen molar-refractivity contribution >= 4 is 29.1 Å². The summed E-state index contributed by atoms with van der Waals surface area (Å²) >= 11 is 6.06. The third-order valence-corrected chi connectivity index (χ3v) is 5.47. The number of phenols is 1. The maximum Gasteiger partial charge on any atom is 0.296 e. The van der Waals surface area contributed by atoms with E-state index in [1.165, 1.54) is 54.5 Å². The van der Waals surface area contributed by atoms with E-state index in [2.05, 4.69) is 0 Å². The number of aryl methyl sites for hydroxylation is 1. The number of amides is 1. The third kappa shape index (κ3) is 3.68. The first-order valence-corrected chi connectivity index (χ1v) is 9.71. The molecule has 158 valence electrons. The van der Waals surface area contributed by atoms with Crippen molar-refractivity contribution in [3.8, 4) is 5.75 Å². The van der Waals surface area contributed by atoms with Crippen LogP contribution in [0.4, 0.5) is 4.39 Å². The standard InChI is InChI=1S/C23H17ClFNO5/c1-12-9-14(4-6-17(12)25)21(28)19-20(13-5-7-18(27)16(24)10-13)26(23(30)22(19)29)11-15-3-2-8-31-15/h2-10,20,27-28H,11H2,1H3/b21-19-. The Bertz CT molecular complexity index is 1220. The minimum Gasteiger partial charge on any atom is -0.507 e. The fourth-order valence-electron chi connectivity index (χ4n) is 3.60. The van der Waals surface area contributed by atoms with Gasteiger partial charge in [-0.2, -0.15) is 0 Å². The second-order valence-electron chi connectivity index (χ2n) is 7.18. The number of aliphatic hydroxyl groups excluding tert-OH is 1. The highest BCUT2D eigenvalue weighted by molar-refractivity contribution is 6.46. The van der Waals surface area contributed by atoms with Gasteiger partial charge < -0.3 is 19.5 Å². The van der Waals surface area contributed by atoms with E-state index in [-0.39, 0.29) is 34.0 Å². The molecule has 2 heterocycles. The number of hydrogen-bond donors (Lipinski definition) is 2. The van der Waals surface area contributed by atoms with E-state index < -0.39 is 29.3 Å². The minimum absolute atomic E-state index is 0.0266. The number of hydrogen-bond acceptors (Lipinski definition) is 5. The molecule has 8 heteroatoms. The molecule has 2 aromatic carbocycles. The smallest absolute Gasteiger partial charge is 0.296 e. The first-order chi connectivity index (χ1) is 14.8. The SMILES string of the molecule is Cc1cc(/C(O)=C2/C(=O)C(=O)N(Cc3ccco3)C2c2ccc(O)c(Cl)c2)ccc1F. The molecule has 0 spiro atoms. The van der Waals surface area contributed by atoms with Crippen molar-refractivity contribution < 1.29 is 28.6 Å². The molecule has 2 N–H and O–H groups in total. The highest BCUT2D eigenvalue weighted by atomic mass is 35.5. The van der Waals surface area contributed by atoms with Gasteiger partial charge in [0, 0.05) is 5.56 Å². The van der Waals surface area contributed by atoms with Crippen LogP contribution in [0.5, 0.6) is 5.75 Å². The van der Waals surface area contributed by atoms with E-state index in [4.69, 9.17) is 16.0 Å². The second-order valence-corrected chi connectivity index (χ2v) is 7.59. The maximum absolute atomic E-state index is 13.7. The van der Waals surface area contributed by atoms with Crippen LogP contribution in [-0.4, -0.2) is 26.8 Å². The number of ketones is 1. The summed E-state index contributed by atoms with van der Waals surface area (Å²) in [7, 11) is 0. The lowest BCUT2D eigenvalue weighted by Gasteiger charge is -2.24. The van der Waals surface area contributed by atoms with Crippen LogP contribution in [0.3, 0.4) is 0 Å². The zero-order chi connectivity index (χ0) is 22.3. The Morgan fingerprint density at radius 2 is 1.97 bits per heavy atom. The van der Waals surface area contributed by atoms with Gasteiger partial charge in [-0.3, -0.25) is 9.59 Å². The third-order valence-electron chi connectivity index (χ3n) is 5.17. The molecule has 1 saturated heterocycles. The Labute approximate surface area is 181 Å². The summed E-state index contributed by atoms with van der Waals surface area (Å²) in [6.45, 7) is 1.50. The topological polar surface area (TPSA) is 91.0 Å². The number of benzene rings is 2. The van der Waals surface area contributed by atoms with Crippen LogP contribution in [-0.2, 0) is 16.1 Å². The van der Waals surface area contributed by atoms with E-state index in [0.29, 0.717) is 11.3 Å². The second kappa shape index (κ2) is 7.92. The van der Waals surface area contributed by atoms with Gasteiger partial charge in [-0.25, -0.2) is 4.39 Å². The molecule has 1 fully saturated rings. The summed E-state index contributed by atoms with van der Waals surface area (Å²) in [6, 6.07) is 10.5. The van der Waals surface area contributed by atoms with Gasteiger partial charge in [-0.1, -0.05) is 17.7 Å². The van der Waals surface area contributed by atoms with E-state index >= 15 is 0 Å². The van der Waals surface area contributed by atoms with Gasteiger partial charge in [0.05, 0.1) is 29.4 Å². The van der Waals surface area contributed by atoms with Gasteiger partial charge in [0.2, 0.25) is 0 Å². The number of rotatable bonds is 4. The highest BCUT2D eigenvalue weighted by Gasteiger charge is 2.46. The molecule has 1 aromatic heterocycles. The average molecular weight is 442 g/mol. The fourth-order valence-corrected chi connectivity index (χ4v) is 3.79. The van der Waals surface area contributed by atoms with E-state index in [0.717, 1.165) is 0 Å². The van der Waals surface area contributed by atoms with Gasteiger partial charge in [-0.15, -0.1) is 0 Å². The van der Waals surface area contributed by atoms with Crippen molar-refractivity contribution in [2.24, 2.45) is 0 Å². The number of furan rings is 1. The minimum atomic E-state index is -0.992. The van der Waals surface area contributed by atoms with Crippen LogP contribution < -0.4 is 0 Å². The molecule has 3 aromatic rings. The number of carbonyl (C=O) groups excluding carboxylic acids is 2. The summed E-state index contributed by atoms with van der Waals surface area (Å²) in [5.74, 6) is -2.34. The predicted octanol–water partition coefficient (Wildman–Crippen LogP) is 4.71. The molecular formula is C23H17ClFNO5. The number of nitrogens with zero attached hydrogens (tertiary/aromatic N) is 1. The molecule has 31 heavy (non-hydrogen) atoms. The zero-order valence-corrected chi connectivity index (χ0v) is 17.1. The van der Waals surface area contributed by atoms with E-state index in [1.54, 1.807) is 12.1 Å². The molecule has 0 radical (unpaired) electrons. The van der Waals surface area contributed by atoms with Gasteiger partial charge in [-0.05, 0) is 60.5 Å². The van der Waals surface area contributed by atoms with Crippen LogP contribution in [0, 0.1) is 12.7 Å². The lowest BCUT2D eigenvalue weighted by atomic mass is 9.94. The summed E-state index contributed by atoms with van der Waals surface area (Å²) in [4.78, 5) is 27.1. The molecule has 1 aliphatic rings. The predicted molar refractivity (Wildman–Crippen MR) is 111 cm³/mol. The largest absolute Gasteiger partial charge is 0.507 e. The van der Waals surface area contributed by atoms with Crippen LogP contribution in [0.1, 0.15) is 28.5 Å². The van der Waals surface area contributed by atoms with Crippen LogP contribution in [0.2, 0.25) is 5.02 Å². The van der Waals surface area contributed by atoms with Gasteiger partial charge in [0.15, 0.2) is 0 Å². The van der Waals surface area contributed by atoms with Gasteiger partial charge >= 0.3 is 0 Å².